The van der Waals surface area contributed by atoms with Gasteiger partial charge in [0, 0.05) is 11.9 Å². The number of anilines is 1. The Bertz CT molecular complexity index is 558. The fourth-order valence-corrected chi connectivity index (χ4v) is 1.81. The van der Waals surface area contributed by atoms with Gasteiger partial charge in [0.25, 0.3) is 0 Å². The summed E-state index contributed by atoms with van der Waals surface area (Å²) in [6.45, 7) is 5.86. The van der Waals surface area contributed by atoms with Gasteiger partial charge in [-0.25, -0.2) is 4.98 Å². The summed E-state index contributed by atoms with van der Waals surface area (Å²) < 4.78 is 0. The summed E-state index contributed by atoms with van der Waals surface area (Å²) in [6.07, 6.45) is 3.35. The summed E-state index contributed by atoms with van der Waals surface area (Å²) >= 11 is 5.28. The summed E-state index contributed by atoms with van der Waals surface area (Å²) in [5.74, 6) is 0.736. The zero-order valence-corrected chi connectivity index (χ0v) is 11.4. The Morgan fingerprint density at radius 3 is 2.44 bits per heavy atom. The van der Waals surface area contributed by atoms with Crippen LogP contribution in [0.4, 0.5) is 5.82 Å². The Morgan fingerprint density at radius 1 is 1.06 bits per heavy atom. The number of nitrogens with one attached hydrogen (secondary N) is 1. The average Bonchev–Trinajstić information content (AvgIpc) is 2.28. The second kappa shape index (κ2) is 5.18. The molecule has 0 bridgehead atoms. The van der Waals surface area contributed by atoms with Crippen molar-refractivity contribution in [3.8, 4) is 0 Å². The molecule has 18 heavy (non-hydrogen) atoms. The minimum atomic E-state index is 0.528. The molecule has 2 heterocycles. The number of rotatable bonds is 2. The van der Waals surface area contributed by atoms with Crippen LogP contribution in [0.25, 0.3) is 0 Å². The summed E-state index contributed by atoms with van der Waals surface area (Å²) in [6, 6.07) is 3.96. The second-order valence-corrected chi connectivity index (χ2v) is 4.58. The standard InChI is InChI=1S/C13H14N4S/c1-8-4-9(2)16-12(5-8)17-13(18)11-7-14-10(3)6-15-11/h4-7H,1-3H3,(H,16,17,18). The Morgan fingerprint density at radius 2 is 1.83 bits per heavy atom. The lowest BCUT2D eigenvalue weighted by atomic mass is 10.2. The van der Waals surface area contributed by atoms with Gasteiger partial charge in [0.15, 0.2) is 0 Å². The Labute approximate surface area is 112 Å². The van der Waals surface area contributed by atoms with Gasteiger partial charge >= 0.3 is 0 Å². The van der Waals surface area contributed by atoms with E-state index in [0.29, 0.717) is 10.7 Å². The number of aryl methyl sites for hydroxylation is 3. The van der Waals surface area contributed by atoms with E-state index in [4.69, 9.17) is 12.2 Å². The number of nitrogens with zero attached hydrogens (tertiary/aromatic N) is 3. The SMILES string of the molecule is Cc1cc(C)nc(NC(=S)c2cnc(C)cn2)c1. The largest absolute Gasteiger partial charge is 0.329 e. The third kappa shape index (κ3) is 3.07. The lowest BCUT2D eigenvalue weighted by Gasteiger charge is -2.08. The summed E-state index contributed by atoms with van der Waals surface area (Å²) in [7, 11) is 0. The lowest BCUT2D eigenvalue weighted by molar-refractivity contribution is 1.10. The Balaban J connectivity index is 2.18. The molecular weight excluding hydrogens is 244 g/mol. The second-order valence-electron chi connectivity index (χ2n) is 4.17. The molecule has 0 aromatic carbocycles. The van der Waals surface area contributed by atoms with Crippen molar-refractivity contribution in [1.82, 2.24) is 15.0 Å². The van der Waals surface area contributed by atoms with E-state index < -0.39 is 0 Å². The molecule has 4 nitrogen and oxygen atoms in total. The van der Waals surface area contributed by atoms with Crippen LogP contribution >= 0.6 is 12.2 Å². The first-order valence-corrected chi connectivity index (χ1v) is 6.01. The van der Waals surface area contributed by atoms with Crippen molar-refractivity contribution in [1.29, 1.82) is 0 Å². The van der Waals surface area contributed by atoms with Crippen molar-refractivity contribution < 1.29 is 0 Å². The van der Waals surface area contributed by atoms with E-state index >= 15 is 0 Å². The van der Waals surface area contributed by atoms with E-state index in [0.717, 1.165) is 22.8 Å². The van der Waals surface area contributed by atoms with Crippen molar-refractivity contribution >= 4 is 23.0 Å². The summed E-state index contributed by atoms with van der Waals surface area (Å²) in [5, 5.41) is 3.08. The molecule has 5 heteroatoms. The molecule has 0 spiro atoms. The van der Waals surface area contributed by atoms with Crippen molar-refractivity contribution in [3.05, 3.63) is 47.2 Å². The van der Waals surface area contributed by atoms with Crippen LogP contribution in [-0.2, 0) is 0 Å². The highest BCUT2D eigenvalue weighted by atomic mass is 32.1. The van der Waals surface area contributed by atoms with Crippen LogP contribution < -0.4 is 5.32 Å². The zero-order chi connectivity index (χ0) is 13.1. The number of aromatic nitrogens is 3. The van der Waals surface area contributed by atoms with Crippen molar-refractivity contribution in [3.63, 3.8) is 0 Å². The highest BCUT2D eigenvalue weighted by molar-refractivity contribution is 7.81. The topological polar surface area (TPSA) is 50.7 Å². The van der Waals surface area contributed by atoms with Gasteiger partial charge in [-0.05, 0) is 38.5 Å². The van der Waals surface area contributed by atoms with Crippen LogP contribution in [0.1, 0.15) is 22.6 Å². The average molecular weight is 258 g/mol. The minimum Gasteiger partial charge on any atom is -0.329 e. The molecule has 0 aliphatic heterocycles. The van der Waals surface area contributed by atoms with Crippen LogP contribution in [0.2, 0.25) is 0 Å². The Kier molecular flexibility index (Phi) is 3.62. The number of hydrogen-bond acceptors (Lipinski definition) is 4. The molecule has 0 unspecified atom stereocenters. The molecule has 0 fully saturated rings. The predicted molar refractivity (Wildman–Crippen MR) is 75.8 cm³/mol. The van der Waals surface area contributed by atoms with E-state index in [1.54, 1.807) is 12.4 Å². The number of hydrogen-bond donors (Lipinski definition) is 1. The van der Waals surface area contributed by atoms with E-state index in [1.165, 1.54) is 0 Å². The zero-order valence-electron chi connectivity index (χ0n) is 10.6. The van der Waals surface area contributed by atoms with Gasteiger partial charge < -0.3 is 5.32 Å². The van der Waals surface area contributed by atoms with E-state index in [2.05, 4.69) is 20.3 Å². The molecule has 92 valence electrons. The van der Waals surface area contributed by atoms with Crippen LogP contribution in [0.5, 0.6) is 0 Å². The van der Waals surface area contributed by atoms with E-state index in [1.807, 2.05) is 32.9 Å². The molecule has 0 amide bonds. The molecule has 0 atom stereocenters. The molecular formula is C13H14N4S. The quantitative estimate of drug-likeness (QED) is 0.839. The minimum absolute atomic E-state index is 0.528. The molecule has 1 N–H and O–H groups in total. The summed E-state index contributed by atoms with van der Waals surface area (Å²) in [5.41, 5.74) is 3.61. The highest BCUT2D eigenvalue weighted by Gasteiger charge is 2.05. The normalized spacial score (nSPS) is 10.2. The molecule has 2 aromatic heterocycles. The van der Waals surface area contributed by atoms with Crippen molar-refractivity contribution in [2.24, 2.45) is 0 Å². The predicted octanol–water partition coefficient (Wildman–Crippen LogP) is 2.58. The van der Waals surface area contributed by atoms with Crippen molar-refractivity contribution in [2.45, 2.75) is 20.8 Å². The maximum atomic E-state index is 5.28. The monoisotopic (exact) mass is 258 g/mol. The van der Waals surface area contributed by atoms with Gasteiger partial charge in [0.05, 0.1) is 11.9 Å². The maximum Gasteiger partial charge on any atom is 0.132 e. The first-order chi connectivity index (χ1) is 8.54. The number of thiocarbonyl (C=S) groups is 1. The molecule has 0 saturated carbocycles. The van der Waals surface area contributed by atoms with Crippen LogP contribution in [0.3, 0.4) is 0 Å². The Hall–Kier alpha value is -1.88. The van der Waals surface area contributed by atoms with Gasteiger partial charge in [-0.1, -0.05) is 12.2 Å². The molecule has 0 radical (unpaired) electrons. The van der Waals surface area contributed by atoms with Gasteiger partial charge in [0.1, 0.15) is 16.5 Å². The van der Waals surface area contributed by atoms with Crippen LogP contribution in [0, 0.1) is 20.8 Å². The van der Waals surface area contributed by atoms with Gasteiger partial charge in [-0.15, -0.1) is 0 Å². The first kappa shape index (κ1) is 12.6. The van der Waals surface area contributed by atoms with Crippen LogP contribution in [-0.4, -0.2) is 19.9 Å². The van der Waals surface area contributed by atoms with Crippen LogP contribution in [0.15, 0.2) is 24.5 Å². The van der Waals surface area contributed by atoms with E-state index in [9.17, 15) is 0 Å². The molecule has 0 aliphatic carbocycles. The van der Waals surface area contributed by atoms with Gasteiger partial charge in [-0.3, -0.25) is 9.97 Å². The smallest absolute Gasteiger partial charge is 0.132 e. The molecule has 2 rings (SSSR count). The van der Waals surface area contributed by atoms with Gasteiger partial charge in [-0.2, -0.15) is 0 Å². The maximum absolute atomic E-state index is 5.28. The van der Waals surface area contributed by atoms with Gasteiger partial charge in [0.2, 0.25) is 0 Å². The molecule has 0 saturated heterocycles. The highest BCUT2D eigenvalue weighted by Crippen LogP contribution is 2.10. The molecule has 0 aliphatic rings. The lowest BCUT2D eigenvalue weighted by Crippen LogP contribution is -2.14. The van der Waals surface area contributed by atoms with Crippen molar-refractivity contribution in [2.75, 3.05) is 5.32 Å². The fraction of sp³-hybridized carbons (Fsp3) is 0.231. The summed E-state index contributed by atoms with van der Waals surface area (Å²) in [4.78, 5) is 13.3. The third-order valence-corrected chi connectivity index (χ3v) is 2.66. The third-order valence-electron chi connectivity index (χ3n) is 2.35. The fourth-order valence-electron chi connectivity index (χ4n) is 1.60. The first-order valence-electron chi connectivity index (χ1n) is 5.60. The number of pyridine rings is 1. The van der Waals surface area contributed by atoms with E-state index in [-0.39, 0.29) is 0 Å². The molecule has 2 aromatic rings.